The van der Waals surface area contributed by atoms with Gasteiger partial charge in [-0.05, 0) is 49.7 Å². The van der Waals surface area contributed by atoms with Crippen LogP contribution < -0.4 is 10.5 Å². The van der Waals surface area contributed by atoms with Crippen molar-refractivity contribution in [2.45, 2.75) is 20.0 Å². The number of aromatic nitrogens is 3. The van der Waals surface area contributed by atoms with Gasteiger partial charge in [0, 0.05) is 34.3 Å². The number of hydrogen-bond acceptors (Lipinski definition) is 5. The predicted octanol–water partition coefficient (Wildman–Crippen LogP) is 4.39. The molecule has 3 N–H and O–H groups in total. The van der Waals surface area contributed by atoms with Crippen molar-refractivity contribution in [3.8, 4) is 28.3 Å². The van der Waals surface area contributed by atoms with Crippen molar-refractivity contribution in [2.75, 3.05) is 5.73 Å². The minimum Gasteiger partial charge on any atom is -0.491 e. The zero-order valence-corrected chi connectivity index (χ0v) is 14.3. The molecule has 0 unspecified atom stereocenters. The third-order valence-corrected chi connectivity index (χ3v) is 3.92. The first-order valence-electron chi connectivity index (χ1n) is 8.18. The Bertz CT molecular complexity index is 1080. The van der Waals surface area contributed by atoms with E-state index < -0.39 is 0 Å². The highest BCUT2D eigenvalue weighted by Crippen LogP contribution is 2.34. The lowest BCUT2D eigenvalue weighted by Gasteiger charge is -2.11. The van der Waals surface area contributed by atoms with Gasteiger partial charge in [-0.1, -0.05) is 5.10 Å². The normalized spacial score (nSPS) is 11.4. The van der Waals surface area contributed by atoms with E-state index in [2.05, 4.69) is 15.2 Å². The zero-order chi connectivity index (χ0) is 18.3. The van der Waals surface area contributed by atoms with Crippen LogP contribution in [0.2, 0.25) is 0 Å². The van der Waals surface area contributed by atoms with Gasteiger partial charge in [0.05, 0.1) is 6.10 Å². The Morgan fingerprint density at radius 1 is 1.12 bits per heavy atom. The van der Waals surface area contributed by atoms with Gasteiger partial charge in [-0.15, -0.1) is 5.10 Å². The first-order chi connectivity index (χ1) is 12.5. The predicted molar refractivity (Wildman–Crippen MR) is 97.2 cm³/mol. The number of nitrogens with one attached hydrogen (secondary N) is 1. The summed E-state index contributed by atoms with van der Waals surface area (Å²) in [6, 6.07) is 10.4. The number of H-pyrrole nitrogens is 1. The van der Waals surface area contributed by atoms with Gasteiger partial charge >= 0.3 is 6.01 Å². The van der Waals surface area contributed by atoms with Crippen molar-refractivity contribution in [1.29, 1.82) is 0 Å². The van der Waals surface area contributed by atoms with Crippen LogP contribution in [0.25, 0.3) is 33.5 Å². The smallest absolute Gasteiger partial charge is 0.313 e. The SMILES string of the molecule is CC(C)Oc1cc(F)cc(-c2c[nH]c3ccc(-c4nnc(N)o4)cc23)c1. The lowest BCUT2D eigenvalue weighted by Crippen LogP contribution is -2.05. The van der Waals surface area contributed by atoms with Gasteiger partial charge in [0.15, 0.2) is 0 Å². The average Bonchev–Trinajstić information content (AvgIpc) is 3.19. The Morgan fingerprint density at radius 2 is 1.96 bits per heavy atom. The minimum atomic E-state index is -0.353. The molecule has 0 spiro atoms. The number of anilines is 1. The maximum Gasteiger partial charge on any atom is 0.313 e. The van der Waals surface area contributed by atoms with Crippen LogP contribution in [-0.2, 0) is 0 Å². The van der Waals surface area contributed by atoms with Crippen LogP contribution in [0.1, 0.15) is 13.8 Å². The van der Waals surface area contributed by atoms with Crippen LogP contribution in [0.4, 0.5) is 10.4 Å². The van der Waals surface area contributed by atoms with E-state index in [1.165, 1.54) is 12.1 Å². The largest absolute Gasteiger partial charge is 0.491 e. The van der Waals surface area contributed by atoms with Gasteiger partial charge in [0.25, 0.3) is 0 Å². The highest BCUT2D eigenvalue weighted by Gasteiger charge is 2.13. The summed E-state index contributed by atoms with van der Waals surface area (Å²) in [5, 5.41) is 8.49. The van der Waals surface area contributed by atoms with Crippen molar-refractivity contribution in [3.63, 3.8) is 0 Å². The summed E-state index contributed by atoms with van der Waals surface area (Å²) in [5.74, 6) is 0.470. The van der Waals surface area contributed by atoms with Gasteiger partial charge in [-0.25, -0.2) is 4.39 Å². The summed E-state index contributed by atoms with van der Waals surface area (Å²) in [6.07, 6.45) is 1.80. The summed E-state index contributed by atoms with van der Waals surface area (Å²) >= 11 is 0. The minimum absolute atomic E-state index is 0.00926. The summed E-state index contributed by atoms with van der Waals surface area (Å²) in [4.78, 5) is 3.20. The molecular formula is C19H17FN4O2. The van der Waals surface area contributed by atoms with E-state index in [4.69, 9.17) is 14.9 Å². The maximum atomic E-state index is 14.1. The van der Waals surface area contributed by atoms with Gasteiger partial charge in [-0.2, -0.15) is 0 Å². The number of halogens is 1. The van der Waals surface area contributed by atoms with Crippen molar-refractivity contribution < 1.29 is 13.5 Å². The van der Waals surface area contributed by atoms with E-state index in [1.54, 1.807) is 0 Å². The highest BCUT2D eigenvalue weighted by molar-refractivity contribution is 5.97. The Kier molecular flexibility index (Phi) is 3.84. The van der Waals surface area contributed by atoms with Crippen LogP contribution in [-0.4, -0.2) is 21.3 Å². The van der Waals surface area contributed by atoms with E-state index in [-0.39, 0.29) is 17.9 Å². The maximum absolute atomic E-state index is 14.1. The monoisotopic (exact) mass is 352 g/mol. The molecule has 0 aliphatic heterocycles. The molecule has 2 aromatic carbocycles. The van der Waals surface area contributed by atoms with Crippen LogP contribution in [0, 0.1) is 5.82 Å². The topological polar surface area (TPSA) is 90.0 Å². The van der Waals surface area contributed by atoms with Gasteiger partial charge in [0.1, 0.15) is 11.6 Å². The molecule has 0 fully saturated rings. The van der Waals surface area contributed by atoms with Crippen LogP contribution in [0.15, 0.2) is 47.0 Å². The Labute approximate surface area is 148 Å². The number of nitrogens with zero attached hydrogens (tertiary/aromatic N) is 2. The van der Waals surface area contributed by atoms with Crippen LogP contribution in [0.5, 0.6) is 5.75 Å². The quantitative estimate of drug-likeness (QED) is 0.568. The average molecular weight is 352 g/mol. The van der Waals surface area contributed by atoms with Gasteiger partial charge in [0.2, 0.25) is 5.89 Å². The molecular weight excluding hydrogens is 335 g/mol. The molecule has 0 radical (unpaired) electrons. The van der Waals surface area contributed by atoms with E-state index in [0.717, 1.165) is 22.0 Å². The molecule has 2 heterocycles. The number of benzene rings is 2. The fraction of sp³-hybridized carbons (Fsp3) is 0.158. The van der Waals surface area contributed by atoms with E-state index >= 15 is 0 Å². The third kappa shape index (κ3) is 2.99. The lowest BCUT2D eigenvalue weighted by molar-refractivity contribution is 0.241. The van der Waals surface area contributed by atoms with E-state index in [1.807, 2.05) is 44.3 Å². The molecule has 0 saturated carbocycles. The first kappa shape index (κ1) is 16.1. The number of hydrogen-bond donors (Lipinski definition) is 2. The Balaban J connectivity index is 1.83. The molecule has 0 aliphatic rings. The van der Waals surface area contributed by atoms with Gasteiger partial charge < -0.3 is 19.9 Å². The molecule has 0 saturated heterocycles. The highest BCUT2D eigenvalue weighted by atomic mass is 19.1. The van der Waals surface area contributed by atoms with Crippen molar-refractivity contribution in [2.24, 2.45) is 0 Å². The zero-order valence-electron chi connectivity index (χ0n) is 14.3. The molecule has 0 atom stereocenters. The molecule has 4 rings (SSSR count). The molecule has 2 aromatic heterocycles. The summed E-state index contributed by atoms with van der Waals surface area (Å²) in [7, 11) is 0. The lowest BCUT2D eigenvalue weighted by atomic mass is 10.0. The summed E-state index contributed by atoms with van der Waals surface area (Å²) in [5.41, 5.74) is 8.71. The molecule has 0 bridgehead atoms. The summed E-state index contributed by atoms with van der Waals surface area (Å²) in [6.45, 7) is 3.80. The third-order valence-electron chi connectivity index (χ3n) is 3.92. The molecule has 6 nitrogen and oxygen atoms in total. The van der Waals surface area contributed by atoms with Crippen LogP contribution in [0.3, 0.4) is 0 Å². The number of aromatic amines is 1. The fourth-order valence-electron chi connectivity index (χ4n) is 2.90. The second kappa shape index (κ2) is 6.18. The number of nitrogens with two attached hydrogens (primary N) is 1. The molecule has 7 heteroatoms. The molecule has 0 aliphatic carbocycles. The molecule has 132 valence electrons. The molecule has 4 aromatic rings. The molecule has 26 heavy (non-hydrogen) atoms. The second-order valence-corrected chi connectivity index (χ2v) is 6.25. The van der Waals surface area contributed by atoms with Gasteiger partial charge in [-0.3, -0.25) is 0 Å². The second-order valence-electron chi connectivity index (χ2n) is 6.25. The van der Waals surface area contributed by atoms with Crippen molar-refractivity contribution in [1.82, 2.24) is 15.2 Å². The van der Waals surface area contributed by atoms with Crippen LogP contribution >= 0.6 is 0 Å². The number of nitrogen functional groups attached to an aromatic ring is 1. The number of fused-ring (bicyclic) bond motifs is 1. The fourth-order valence-corrected chi connectivity index (χ4v) is 2.90. The molecule has 0 amide bonds. The van der Waals surface area contributed by atoms with E-state index in [9.17, 15) is 4.39 Å². The summed E-state index contributed by atoms with van der Waals surface area (Å²) < 4.78 is 25.0. The number of rotatable bonds is 4. The Morgan fingerprint density at radius 3 is 2.69 bits per heavy atom. The standard InChI is InChI=1S/C19H17FN4O2/c1-10(2)25-14-6-12(5-13(20)8-14)16-9-22-17-4-3-11(7-15(16)17)18-23-24-19(21)26-18/h3-10,22H,1-2H3,(H2,21,24). The van der Waals surface area contributed by atoms with E-state index in [0.29, 0.717) is 17.2 Å². The van der Waals surface area contributed by atoms with Crippen molar-refractivity contribution >= 4 is 16.9 Å². The van der Waals surface area contributed by atoms with Crippen molar-refractivity contribution in [3.05, 3.63) is 48.4 Å². The number of ether oxygens (including phenoxy) is 1. The Hall–Kier alpha value is -3.35. The first-order valence-corrected chi connectivity index (χ1v) is 8.18.